The molecule has 0 saturated carbocycles. The summed E-state index contributed by atoms with van der Waals surface area (Å²) in [6, 6.07) is 16.6. The molecule has 1 fully saturated rings. The first-order chi connectivity index (χ1) is 11.7. The number of benzene rings is 2. The topological polar surface area (TPSA) is 61.8 Å². The zero-order chi connectivity index (χ0) is 16.9. The number of nitrogens with one attached hydrogen (secondary N) is 1. The van der Waals surface area contributed by atoms with E-state index in [9.17, 15) is 9.90 Å². The molecule has 5 nitrogen and oxygen atoms in total. The molecule has 0 spiro atoms. The SMILES string of the molecule is COc1cccc(C2C(=O)NCCN2CC(O)c2ccccc2)c1. The fourth-order valence-corrected chi connectivity index (χ4v) is 3.09. The molecule has 24 heavy (non-hydrogen) atoms. The van der Waals surface area contributed by atoms with Crippen LogP contribution in [0, 0.1) is 0 Å². The molecule has 1 saturated heterocycles. The van der Waals surface area contributed by atoms with Crippen molar-refractivity contribution in [1.29, 1.82) is 0 Å². The van der Waals surface area contributed by atoms with Crippen LogP contribution in [0.15, 0.2) is 54.6 Å². The Morgan fingerprint density at radius 3 is 2.79 bits per heavy atom. The number of amides is 1. The largest absolute Gasteiger partial charge is 0.497 e. The van der Waals surface area contributed by atoms with Gasteiger partial charge in [0.2, 0.25) is 5.91 Å². The van der Waals surface area contributed by atoms with E-state index in [4.69, 9.17) is 4.74 Å². The standard InChI is InChI=1S/C19H22N2O3/c1-24-16-9-5-8-15(12-16)18-19(23)20-10-11-21(18)13-17(22)14-6-3-2-4-7-14/h2-9,12,17-18,22H,10-11,13H2,1H3,(H,20,23). The van der Waals surface area contributed by atoms with Crippen LogP contribution in [0.5, 0.6) is 5.75 Å². The number of nitrogens with zero attached hydrogens (tertiary/aromatic N) is 1. The lowest BCUT2D eigenvalue weighted by Gasteiger charge is -2.36. The van der Waals surface area contributed by atoms with Crippen molar-refractivity contribution in [1.82, 2.24) is 10.2 Å². The number of hydrogen-bond acceptors (Lipinski definition) is 4. The molecule has 0 aliphatic carbocycles. The number of carbonyl (C=O) groups excluding carboxylic acids is 1. The highest BCUT2D eigenvalue weighted by Crippen LogP contribution is 2.28. The average molecular weight is 326 g/mol. The van der Waals surface area contributed by atoms with Crippen molar-refractivity contribution in [2.75, 3.05) is 26.7 Å². The lowest BCUT2D eigenvalue weighted by Crippen LogP contribution is -2.51. The zero-order valence-electron chi connectivity index (χ0n) is 13.7. The van der Waals surface area contributed by atoms with Crippen LogP contribution in [0.3, 0.4) is 0 Å². The summed E-state index contributed by atoms with van der Waals surface area (Å²) >= 11 is 0. The van der Waals surface area contributed by atoms with Gasteiger partial charge in [0.15, 0.2) is 0 Å². The van der Waals surface area contributed by atoms with E-state index in [1.54, 1.807) is 7.11 Å². The molecule has 2 N–H and O–H groups in total. The van der Waals surface area contributed by atoms with Crippen LogP contribution < -0.4 is 10.1 Å². The number of ether oxygens (including phenoxy) is 1. The molecular weight excluding hydrogens is 304 g/mol. The average Bonchev–Trinajstić information content (AvgIpc) is 2.62. The summed E-state index contributed by atoms with van der Waals surface area (Å²) in [7, 11) is 1.61. The van der Waals surface area contributed by atoms with Gasteiger partial charge in [0.05, 0.1) is 13.2 Å². The number of methoxy groups -OCH3 is 1. The number of aliphatic hydroxyl groups is 1. The van der Waals surface area contributed by atoms with Crippen molar-refractivity contribution < 1.29 is 14.6 Å². The number of hydrogen-bond donors (Lipinski definition) is 2. The van der Waals surface area contributed by atoms with Gasteiger partial charge in [-0.25, -0.2) is 0 Å². The van der Waals surface area contributed by atoms with Crippen molar-refractivity contribution in [3.8, 4) is 5.75 Å². The van der Waals surface area contributed by atoms with Crippen LogP contribution in [0.4, 0.5) is 0 Å². The summed E-state index contributed by atoms with van der Waals surface area (Å²) in [5.74, 6) is 0.671. The number of rotatable bonds is 5. The third kappa shape index (κ3) is 3.58. The molecule has 1 aliphatic rings. The van der Waals surface area contributed by atoms with Gasteiger partial charge >= 0.3 is 0 Å². The normalized spacial score (nSPS) is 19.6. The molecule has 2 aromatic carbocycles. The molecule has 1 amide bonds. The minimum absolute atomic E-state index is 0.0465. The molecule has 1 aliphatic heterocycles. The van der Waals surface area contributed by atoms with E-state index in [0.717, 1.165) is 16.9 Å². The molecule has 0 aromatic heterocycles. The number of aliphatic hydroxyl groups excluding tert-OH is 1. The van der Waals surface area contributed by atoms with E-state index < -0.39 is 12.1 Å². The van der Waals surface area contributed by atoms with Gasteiger partial charge in [0, 0.05) is 19.6 Å². The smallest absolute Gasteiger partial charge is 0.242 e. The number of β-amino-alcohol motifs (C(OH)–C–C–N with tert-alkyl or cyclic N) is 1. The van der Waals surface area contributed by atoms with Gasteiger partial charge in [-0.1, -0.05) is 42.5 Å². The fourth-order valence-electron chi connectivity index (χ4n) is 3.09. The van der Waals surface area contributed by atoms with E-state index in [-0.39, 0.29) is 5.91 Å². The predicted octanol–water partition coefficient (Wildman–Crippen LogP) is 1.90. The van der Waals surface area contributed by atoms with Gasteiger partial charge < -0.3 is 15.2 Å². The van der Waals surface area contributed by atoms with Gasteiger partial charge in [-0.05, 0) is 23.3 Å². The first kappa shape index (κ1) is 16.5. The van der Waals surface area contributed by atoms with Crippen LogP contribution in [0.25, 0.3) is 0 Å². The second kappa shape index (κ2) is 7.47. The Labute approximate surface area is 141 Å². The summed E-state index contributed by atoms with van der Waals surface area (Å²) in [6.45, 7) is 1.68. The number of piperazine rings is 1. The maximum absolute atomic E-state index is 12.4. The fraction of sp³-hybridized carbons (Fsp3) is 0.316. The lowest BCUT2D eigenvalue weighted by molar-refractivity contribution is -0.130. The van der Waals surface area contributed by atoms with Gasteiger partial charge in [-0.2, -0.15) is 0 Å². The molecule has 2 unspecified atom stereocenters. The minimum Gasteiger partial charge on any atom is -0.497 e. The van der Waals surface area contributed by atoms with Gasteiger partial charge in [-0.3, -0.25) is 9.69 Å². The molecule has 3 rings (SSSR count). The Balaban J connectivity index is 1.83. The molecule has 126 valence electrons. The Hall–Kier alpha value is -2.37. The Morgan fingerprint density at radius 2 is 2.04 bits per heavy atom. The van der Waals surface area contributed by atoms with Crippen LogP contribution in [0.2, 0.25) is 0 Å². The number of carbonyl (C=O) groups is 1. The first-order valence-corrected chi connectivity index (χ1v) is 8.08. The van der Waals surface area contributed by atoms with Crippen LogP contribution in [-0.4, -0.2) is 42.7 Å². The molecular formula is C19H22N2O3. The summed E-state index contributed by atoms with van der Waals surface area (Å²) < 4.78 is 5.27. The Kier molecular flexibility index (Phi) is 5.13. The van der Waals surface area contributed by atoms with Gasteiger partial charge in [-0.15, -0.1) is 0 Å². The molecule has 2 atom stereocenters. The maximum atomic E-state index is 12.4. The van der Waals surface area contributed by atoms with E-state index in [2.05, 4.69) is 5.32 Å². The molecule has 0 radical (unpaired) electrons. The Morgan fingerprint density at radius 1 is 1.25 bits per heavy atom. The monoisotopic (exact) mass is 326 g/mol. The minimum atomic E-state index is -0.634. The highest BCUT2D eigenvalue weighted by Gasteiger charge is 2.32. The summed E-state index contributed by atoms with van der Waals surface area (Å²) in [6.07, 6.45) is -0.634. The summed E-state index contributed by atoms with van der Waals surface area (Å²) in [4.78, 5) is 14.5. The second-order valence-electron chi connectivity index (χ2n) is 5.89. The zero-order valence-corrected chi connectivity index (χ0v) is 13.7. The van der Waals surface area contributed by atoms with E-state index in [1.165, 1.54) is 0 Å². The molecule has 1 heterocycles. The highest BCUT2D eigenvalue weighted by atomic mass is 16.5. The maximum Gasteiger partial charge on any atom is 0.242 e. The third-order valence-corrected chi connectivity index (χ3v) is 4.31. The van der Waals surface area contributed by atoms with Crippen molar-refractivity contribution in [3.63, 3.8) is 0 Å². The second-order valence-corrected chi connectivity index (χ2v) is 5.89. The first-order valence-electron chi connectivity index (χ1n) is 8.08. The van der Waals surface area contributed by atoms with E-state index in [1.807, 2.05) is 59.5 Å². The van der Waals surface area contributed by atoms with Crippen LogP contribution >= 0.6 is 0 Å². The third-order valence-electron chi connectivity index (χ3n) is 4.31. The van der Waals surface area contributed by atoms with Crippen LogP contribution in [0.1, 0.15) is 23.3 Å². The van der Waals surface area contributed by atoms with Crippen LogP contribution in [-0.2, 0) is 4.79 Å². The quantitative estimate of drug-likeness (QED) is 0.881. The summed E-state index contributed by atoms with van der Waals surface area (Å²) in [5, 5.41) is 13.4. The van der Waals surface area contributed by atoms with Crippen molar-refractivity contribution >= 4 is 5.91 Å². The van der Waals surface area contributed by atoms with Gasteiger partial charge in [0.1, 0.15) is 11.8 Å². The van der Waals surface area contributed by atoms with Crippen molar-refractivity contribution in [2.24, 2.45) is 0 Å². The predicted molar refractivity (Wildman–Crippen MR) is 91.7 cm³/mol. The molecule has 5 heteroatoms. The van der Waals surface area contributed by atoms with E-state index in [0.29, 0.717) is 19.6 Å². The van der Waals surface area contributed by atoms with Crippen molar-refractivity contribution in [2.45, 2.75) is 12.1 Å². The highest BCUT2D eigenvalue weighted by molar-refractivity contribution is 5.84. The Bertz CT molecular complexity index is 690. The summed E-state index contributed by atoms with van der Waals surface area (Å²) in [5.41, 5.74) is 1.72. The molecule has 2 aromatic rings. The van der Waals surface area contributed by atoms with Gasteiger partial charge in [0.25, 0.3) is 0 Å². The molecule has 0 bridgehead atoms. The van der Waals surface area contributed by atoms with E-state index >= 15 is 0 Å². The lowest BCUT2D eigenvalue weighted by atomic mass is 10.0. The van der Waals surface area contributed by atoms with Crippen molar-refractivity contribution in [3.05, 3.63) is 65.7 Å².